The summed E-state index contributed by atoms with van der Waals surface area (Å²) in [7, 11) is 0. The van der Waals surface area contributed by atoms with Gasteiger partial charge in [0.15, 0.2) is 0 Å². The van der Waals surface area contributed by atoms with Crippen molar-refractivity contribution in [2.75, 3.05) is 85.2 Å². The number of benzene rings is 4. The Morgan fingerprint density at radius 1 is 0.435 bits per heavy atom. The lowest BCUT2D eigenvalue weighted by Gasteiger charge is -2.26. The van der Waals surface area contributed by atoms with E-state index < -0.39 is 0 Å². The number of pyridine rings is 4. The Hall–Kier alpha value is -15.0. The maximum Gasteiger partial charge on any atom is 0.321 e. The van der Waals surface area contributed by atoms with E-state index in [4.69, 9.17) is 21.2 Å². The minimum absolute atomic E-state index is 0.213. The molecule has 1 aliphatic heterocycles. The highest BCUT2D eigenvalue weighted by Crippen LogP contribution is 2.38. The Morgan fingerprint density at radius 3 is 1.31 bits per heavy atom. The van der Waals surface area contributed by atoms with Gasteiger partial charge < -0.3 is 57.4 Å². The summed E-state index contributed by atoms with van der Waals surface area (Å²) in [6.45, 7) is 13.8. The van der Waals surface area contributed by atoms with E-state index >= 15 is 0 Å². The molecule has 0 spiro atoms. The van der Waals surface area contributed by atoms with Gasteiger partial charge in [-0.05, 0) is 141 Å². The number of urea groups is 4. The summed E-state index contributed by atoms with van der Waals surface area (Å²) in [6, 6.07) is 35.9. The van der Waals surface area contributed by atoms with Crippen LogP contribution >= 0.6 is 11.3 Å². The molecule has 0 atom stereocenters. The van der Waals surface area contributed by atoms with E-state index in [0.717, 1.165) is 155 Å². The highest BCUT2D eigenvalue weighted by atomic mass is 32.1. The average Bonchev–Trinajstić information content (AvgIpc) is 1.64. The van der Waals surface area contributed by atoms with Gasteiger partial charge in [-0.25, -0.2) is 68.7 Å². The smallest absolute Gasteiger partial charge is 0.321 e. The van der Waals surface area contributed by atoms with E-state index in [-0.39, 0.29) is 36.0 Å². The van der Waals surface area contributed by atoms with Crippen LogP contribution in [0.15, 0.2) is 195 Å². The maximum absolute atomic E-state index is 11.9. The molecule has 580 valence electrons. The Bertz CT molecular complexity index is 5980. The fourth-order valence-electron chi connectivity index (χ4n) is 12.3. The molecule has 13 heterocycles. The number of fused-ring (bicyclic) bond motifs is 4. The molecular formula is C79H78N30O5S. The molecule has 115 heavy (non-hydrogen) atoms. The standard InChI is InChI=1S/C23H26N8O2.C20H18N6O.C19H18N8O.C17H16N8OS/c1-2-24-23(32)29-22-27-19-12-17(13-20(21(19)28-22)31-7-3-6-26-31)16-4-5-18(25-14-16)15-30-8-10-33-11-9-30;1-2-22-20(27)26-19-24-17-11-14(13-6-5-8-21-12-13)10-15(18(17)25-19)16-7-3-4-9-23-16;1-2-21-19(28)27-18-25-15-8-11(12-9-23-17(20)24-10-12)7-13(16(15)26-18)14-5-3-4-6-22-14;1-2-19-17(26)25-16-23-12-6-9(10-7-21-15(18)22-8-10)5-11(13(12)24-16)14-20-3-4-27-14/h3-7,12-14H,2,8-11,15H2,1H3,(H3,24,27,28,29,32);3-12H,2H2,1H3,(H3,22,24,25,26,27);3-10H,2H2,1H3,(H2,20,23,24)(H3,21,25,26,27,28);3-8H,2H2,1H3,(H2,18,21,22)(H3,19,23,24,25,26). The predicted molar refractivity (Wildman–Crippen MR) is 443 cm³/mol. The first-order valence-corrected chi connectivity index (χ1v) is 37.5. The topological polar surface area (TPSA) is 478 Å². The number of hydrogen-bond donors (Lipinski definition) is 14. The highest BCUT2D eigenvalue weighted by molar-refractivity contribution is 7.13. The zero-order chi connectivity index (χ0) is 79.6. The van der Waals surface area contributed by atoms with Crippen LogP contribution in [-0.2, 0) is 11.3 Å². The zero-order valence-electron chi connectivity index (χ0n) is 62.6. The van der Waals surface area contributed by atoms with Crippen LogP contribution in [0.1, 0.15) is 33.4 Å². The van der Waals surface area contributed by atoms with Gasteiger partial charge in [0, 0.05) is 164 Å². The van der Waals surface area contributed by atoms with Crippen LogP contribution in [0.25, 0.3) is 127 Å². The van der Waals surface area contributed by atoms with Crippen molar-refractivity contribution in [3.8, 4) is 83.3 Å². The minimum Gasteiger partial charge on any atom is -0.379 e. The van der Waals surface area contributed by atoms with Crippen LogP contribution in [0, 0.1) is 0 Å². The van der Waals surface area contributed by atoms with E-state index in [1.807, 2.05) is 155 Å². The van der Waals surface area contributed by atoms with Crippen molar-refractivity contribution < 1.29 is 23.9 Å². The second-order valence-corrected chi connectivity index (χ2v) is 26.4. The van der Waals surface area contributed by atoms with Crippen LogP contribution in [0.5, 0.6) is 0 Å². The third-order valence-electron chi connectivity index (χ3n) is 17.6. The number of imidazole rings is 4. The molecular weight excluding hydrogens is 1480 g/mol. The Balaban J connectivity index is 0.000000127. The molecule has 8 amide bonds. The van der Waals surface area contributed by atoms with Crippen LogP contribution < -0.4 is 54.0 Å². The number of nitrogens with one attached hydrogen (secondary N) is 12. The van der Waals surface area contributed by atoms with Crippen LogP contribution in [0.4, 0.5) is 54.9 Å². The molecule has 36 heteroatoms. The molecule has 1 saturated heterocycles. The molecule has 1 fully saturated rings. The number of aromatic nitrogens is 19. The van der Waals surface area contributed by atoms with Gasteiger partial charge in [-0.3, -0.25) is 46.1 Å². The van der Waals surface area contributed by atoms with Gasteiger partial charge in [0.1, 0.15) is 16.0 Å². The van der Waals surface area contributed by atoms with Crippen molar-refractivity contribution >= 4 is 115 Å². The van der Waals surface area contributed by atoms with Gasteiger partial charge in [-0.2, -0.15) is 5.10 Å². The van der Waals surface area contributed by atoms with E-state index in [9.17, 15) is 19.2 Å². The van der Waals surface area contributed by atoms with E-state index in [1.54, 1.807) is 60.5 Å². The lowest BCUT2D eigenvalue weighted by molar-refractivity contribution is 0.0336. The summed E-state index contributed by atoms with van der Waals surface area (Å²) >= 11 is 1.51. The second kappa shape index (κ2) is 36.2. The Labute approximate surface area is 660 Å². The number of rotatable bonds is 18. The first-order valence-electron chi connectivity index (χ1n) is 36.6. The van der Waals surface area contributed by atoms with Crippen molar-refractivity contribution in [1.82, 2.24) is 121 Å². The SMILES string of the molecule is CCNC(=O)Nc1nc2c(-c3ccccn3)cc(-c3cccnc3)cc2[nH]1.CCNC(=O)Nc1nc2c(-c3ccccn3)cc(-c3cnc(N)nc3)cc2[nH]1.CCNC(=O)Nc1nc2c(-c3nccs3)cc(-c3cnc(N)nc3)cc2[nH]1.CCNC(=O)Nc1nc2c(-n3cccn3)cc(-c3ccc(CN4CCOCC4)nc3)cc2[nH]1. The lowest BCUT2D eigenvalue weighted by atomic mass is 10.0. The first kappa shape index (κ1) is 76.7. The molecule has 0 radical (unpaired) electrons. The molecule has 16 aromatic rings. The zero-order valence-corrected chi connectivity index (χ0v) is 63.4. The van der Waals surface area contributed by atoms with Crippen LogP contribution in [0.3, 0.4) is 0 Å². The largest absolute Gasteiger partial charge is 0.379 e. The summed E-state index contributed by atoms with van der Waals surface area (Å²) in [5.41, 5.74) is 30.5. The number of H-pyrrole nitrogens is 4. The quantitative estimate of drug-likeness (QED) is 0.0379. The van der Waals surface area contributed by atoms with Gasteiger partial charge in [0.05, 0.1) is 69.1 Å². The summed E-state index contributed by atoms with van der Waals surface area (Å²) in [4.78, 5) is 119. The number of nitrogen functional groups attached to an aromatic ring is 2. The number of morpholine rings is 1. The maximum atomic E-state index is 11.9. The van der Waals surface area contributed by atoms with Gasteiger partial charge in [0.2, 0.25) is 35.7 Å². The van der Waals surface area contributed by atoms with Crippen molar-refractivity contribution in [3.63, 3.8) is 0 Å². The number of aromatic amines is 4. The molecule has 16 N–H and O–H groups in total. The normalized spacial score (nSPS) is 11.8. The number of hydrogen-bond acceptors (Lipinski definition) is 23. The number of carbonyl (C=O) groups is 4. The fourth-order valence-corrected chi connectivity index (χ4v) is 13.0. The summed E-state index contributed by atoms with van der Waals surface area (Å²) in [5, 5.41) is 28.7. The van der Waals surface area contributed by atoms with Gasteiger partial charge in [-0.15, -0.1) is 11.3 Å². The monoisotopic (exact) mass is 1560 g/mol. The molecule has 1 aliphatic rings. The van der Waals surface area contributed by atoms with E-state index in [2.05, 4.69) is 144 Å². The van der Waals surface area contributed by atoms with Crippen molar-refractivity contribution in [2.24, 2.45) is 0 Å². The second-order valence-electron chi connectivity index (χ2n) is 25.5. The number of ether oxygens (including phenoxy) is 1. The van der Waals surface area contributed by atoms with Crippen molar-refractivity contribution in [1.29, 1.82) is 0 Å². The predicted octanol–water partition coefficient (Wildman–Crippen LogP) is 12.3. The Kier molecular flexibility index (Phi) is 24.2. The van der Waals surface area contributed by atoms with Gasteiger partial charge >= 0.3 is 24.1 Å². The number of amides is 8. The number of nitrogens with two attached hydrogens (primary N) is 2. The van der Waals surface area contributed by atoms with E-state index in [1.165, 1.54) is 11.3 Å². The fraction of sp³-hybridized carbons (Fsp3) is 0.165. The first-order chi connectivity index (χ1) is 56.2. The average molecular weight is 1560 g/mol. The highest BCUT2D eigenvalue weighted by Gasteiger charge is 2.21. The molecule has 35 nitrogen and oxygen atoms in total. The van der Waals surface area contributed by atoms with Gasteiger partial charge in [-0.1, -0.05) is 24.3 Å². The molecule has 0 bridgehead atoms. The minimum atomic E-state index is -0.326. The summed E-state index contributed by atoms with van der Waals surface area (Å²) in [5.74, 6) is 1.90. The number of nitrogens with zero attached hydrogens (tertiary/aromatic N) is 16. The molecule has 0 aliphatic carbocycles. The molecule has 4 aromatic carbocycles. The van der Waals surface area contributed by atoms with Crippen molar-refractivity contribution in [2.45, 2.75) is 34.2 Å². The third-order valence-corrected chi connectivity index (χ3v) is 18.4. The molecule has 0 saturated carbocycles. The number of thiazole rings is 1. The van der Waals surface area contributed by atoms with Crippen molar-refractivity contribution in [3.05, 3.63) is 201 Å². The number of anilines is 6. The molecule has 17 rings (SSSR count). The van der Waals surface area contributed by atoms with Gasteiger partial charge in [0.25, 0.3) is 0 Å². The van der Waals surface area contributed by atoms with E-state index in [0.29, 0.717) is 61.0 Å². The number of carbonyl (C=O) groups excluding carboxylic acids is 4. The Morgan fingerprint density at radius 2 is 0.887 bits per heavy atom. The van der Waals surface area contributed by atoms with Crippen LogP contribution in [-0.4, -0.2) is 176 Å². The molecule has 12 aromatic heterocycles. The third kappa shape index (κ3) is 19.1. The summed E-state index contributed by atoms with van der Waals surface area (Å²) < 4.78 is 7.19. The summed E-state index contributed by atoms with van der Waals surface area (Å²) in [6.07, 6.45) is 20.9. The van der Waals surface area contributed by atoms with Crippen LogP contribution in [0.2, 0.25) is 0 Å². The lowest BCUT2D eigenvalue weighted by Crippen LogP contribution is -2.35. The molecule has 0 unspecified atom stereocenters.